The van der Waals surface area contributed by atoms with Crippen LogP contribution >= 0.6 is 0 Å². The Morgan fingerprint density at radius 2 is 2.00 bits per heavy atom. The molecule has 5 rings (SSSR count). The van der Waals surface area contributed by atoms with Crippen molar-refractivity contribution in [1.82, 2.24) is 19.2 Å². The van der Waals surface area contributed by atoms with E-state index in [-0.39, 0.29) is 24.6 Å². The molecule has 1 aromatic heterocycles. The summed E-state index contributed by atoms with van der Waals surface area (Å²) in [5.74, 6) is -2.27. The first-order valence-electron chi connectivity index (χ1n) is 10.2. The van der Waals surface area contributed by atoms with E-state index in [1.165, 1.54) is 14.1 Å². The third-order valence-corrected chi connectivity index (χ3v) is 6.75. The van der Waals surface area contributed by atoms with E-state index in [0.717, 1.165) is 17.5 Å². The molecule has 0 radical (unpaired) electrons. The number of amides is 1. The molecule has 8 heteroatoms. The highest BCUT2D eigenvalue weighted by atomic mass is 19.3. The average Bonchev–Trinajstić information content (AvgIpc) is 3.00. The standard InChI is InChI=1S/C21H24F2N4O2/c1-14-5-7-15(8-6-14)11-26-19(29)27-16(3-2-4-17(27)24-26)18(28)25-10-9-20(13-25)12-21(20,22)23/h5-8,16H,2-4,9-13H2,1H3. The van der Waals surface area contributed by atoms with Crippen LogP contribution in [-0.2, 0) is 17.8 Å². The van der Waals surface area contributed by atoms with Gasteiger partial charge >= 0.3 is 5.69 Å². The van der Waals surface area contributed by atoms with Gasteiger partial charge in [-0.25, -0.2) is 18.3 Å². The Morgan fingerprint density at radius 3 is 2.66 bits per heavy atom. The second-order valence-corrected chi connectivity index (χ2v) is 8.79. The Balaban J connectivity index is 1.39. The number of likely N-dealkylation sites (tertiary alicyclic amines) is 1. The summed E-state index contributed by atoms with van der Waals surface area (Å²) < 4.78 is 30.3. The van der Waals surface area contributed by atoms with Gasteiger partial charge in [0.2, 0.25) is 5.91 Å². The summed E-state index contributed by atoms with van der Waals surface area (Å²) in [7, 11) is 0. The molecular weight excluding hydrogens is 378 g/mol. The molecule has 2 fully saturated rings. The van der Waals surface area contributed by atoms with Crippen LogP contribution in [0.4, 0.5) is 8.78 Å². The molecule has 1 saturated heterocycles. The number of carbonyl (C=O) groups is 1. The Morgan fingerprint density at radius 1 is 1.28 bits per heavy atom. The minimum Gasteiger partial charge on any atom is -0.340 e. The molecular formula is C21H24F2N4O2. The van der Waals surface area contributed by atoms with Crippen LogP contribution < -0.4 is 5.69 Å². The van der Waals surface area contributed by atoms with Gasteiger partial charge in [-0.05, 0) is 31.7 Å². The number of benzene rings is 1. The third-order valence-electron chi connectivity index (χ3n) is 6.75. The van der Waals surface area contributed by atoms with E-state index in [2.05, 4.69) is 5.10 Å². The third kappa shape index (κ3) is 2.91. The highest BCUT2D eigenvalue weighted by molar-refractivity contribution is 5.81. The zero-order valence-electron chi connectivity index (χ0n) is 16.4. The summed E-state index contributed by atoms with van der Waals surface area (Å²) >= 11 is 0. The second kappa shape index (κ2) is 6.24. The van der Waals surface area contributed by atoms with Crippen molar-refractivity contribution in [3.8, 4) is 0 Å². The smallest absolute Gasteiger partial charge is 0.340 e. The molecule has 1 spiro atoms. The van der Waals surface area contributed by atoms with E-state index in [0.29, 0.717) is 38.2 Å². The Bertz CT molecular complexity index is 1030. The van der Waals surface area contributed by atoms with Gasteiger partial charge in [0.15, 0.2) is 0 Å². The first-order chi connectivity index (χ1) is 13.8. The second-order valence-electron chi connectivity index (χ2n) is 8.79. The van der Waals surface area contributed by atoms with Gasteiger partial charge in [-0.1, -0.05) is 29.8 Å². The van der Waals surface area contributed by atoms with Gasteiger partial charge in [-0.2, -0.15) is 5.10 Å². The predicted octanol–water partition coefficient (Wildman–Crippen LogP) is 2.54. The summed E-state index contributed by atoms with van der Waals surface area (Å²) in [4.78, 5) is 27.7. The molecule has 1 saturated carbocycles. The van der Waals surface area contributed by atoms with Crippen molar-refractivity contribution in [1.29, 1.82) is 0 Å². The summed E-state index contributed by atoms with van der Waals surface area (Å²) in [6.07, 6.45) is 2.15. The summed E-state index contributed by atoms with van der Waals surface area (Å²) in [5, 5.41) is 4.47. The van der Waals surface area contributed by atoms with Crippen LogP contribution in [0.5, 0.6) is 0 Å². The normalized spacial score (nSPS) is 27.3. The average molecular weight is 402 g/mol. The molecule has 154 valence electrons. The van der Waals surface area contributed by atoms with Crippen LogP contribution in [0.2, 0.25) is 0 Å². The lowest BCUT2D eigenvalue weighted by atomic mass is 10.0. The Labute approximate surface area is 167 Å². The maximum Gasteiger partial charge on any atom is 0.346 e. The molecule has 1 amide bonds. The highest BCUT2D eigenvalue weighted by Crippen LogP contribution is 2.65. The number of aryl methyl sites for hydroxylation is 2. The van der Waals surface area contributed by atoms with E-state index in [1.54, 1.807) is 0 Å². The largest absolute Gasteiger partial charge is 0.346 e. The quantitative estimate of drug-likeness (QED) is 0.793. The first kappa shape index (κ1) is 18.5. The SMILES string of the molecule is Cc1ccc(Cn2nc3n(c2=O)C(C(=O)N2CCC4(C2)CC4(F)F)CCC3)cc1. The van der Waals surface area contributed by atoms with Crippen molar-refractivity contribution < 1.29 is 13.6 Å². The molecule has 0 bridgehead atoms. The van der Waals surface area contributed by atoms with Crippen molar-refractivity contribution in [3.63, 3.8) is 0 Å². The van der Waals surface area contributed by atoms with Crippen LogP contribution in [0.25, 0.3) is 0 Å². The molecule has 2 unspecified atom stereocenters. The number of halogens is 2. The maximum absolute atomic E-state index is 13.7. The van der Waals surface area contributed by atoms with Crippen LogP contribution in [0.3, 0.4) is 0 Å². The van der Waals surface area contributed by atoms with Gasteiger partial charge in [0.1, 0.15) is 11.9 Å². The van der Waals surface area contributed by atoms with Gasteiger partial charge in [0.25, 0.3) is 5.92 Å². The van der Waals surface area contributed by atoms with E-state index < -0.39 is 17.4 Å². The Hall–Kier alpha value is -2.51. The highest BCUT2D eigenvalue weighted by Gasteiger charge is 2.73. The molecule has 1 aliphatic carbocycles. The fourth-order valence-corrected chi connectivity index (χ4v) is 4.83. The van der Waals surface area contributed by atoms with Gasteiger partial charge < -0.3 is 4.90 Å². The molecule has 29 heavy (non-hydrogen) atoms. The number of hydrogen-bond acceptors (Lipinski definition) is 3. The van der Waals surface area contributed by atoms with Crippen molar-refractivity contribution >= 4 is 5.91 Å². The number of carbonyl (C=O) groups excluding carboxylic acids is 1. The zero-order chi connectivity index (χ0) is 20.4. The molecule has 2 atom stereocenters. The molecule has 3 aliphatic rings. The van der Waals surface area contributed by atoms with Crippen LogP contribution in [0.1, 0.15) is 48.7 Å². The van der Waals surface area contributed by atoms with E-state index >= 15 is 0 Å². The van der Waals surface area contributed by atoms with Gasteiger partial charge in [0, 0.05) is 25.9 Å². The molecule has 3 heterocycles. The first-order valence-corrected chi connectivity index (χ1v) is 10.2. The number of rotatable bonds is 3. The molecule has 1 aromatic carbocycles. The number of aromatic nitrogens is 3. The fourth-order valence-electron chi connectivity index (χ4n) is 4.83. The van der Waals surface area contributed by atoms with Gasteiger partial charge in [-0.15, -0.1) is 0 Å². The lowest BCUT2D eigenvalue weighted by molar-refractivity contribution is -0.134. The monoisotopic (exact) mass is 402 g/mol. The zero-order valence-corrected chi connectivity index (χ0v) is 16.4. The predicted molar refractivity (Wildman–Crippen MR) is 102 cm³/mol. The molecule has 6 nitrogen and oxygen atoms in total. The van der Waals surface area contributed by atoms with Crippen LogP contribution in [-0.4, -0.2) is 44.2 Å². The van der Waals surface area contributed by atoms with Crippen molar-refractivity contribution in [2.24, 2.45) is 5.41 Å². The minimum absolute atomic E-state index is 0.0942. The minimum atomic E-state index is -2.66. The lowest BCUT2D eigenvalue weighted by Gasteiger charge is -2.27. The molecule has 2 aromatic rings. The summed E-state index contributed by atoms with van der Waals surface area (Å²) in [6, 6.07) is 7.25. The summed E-state index contributed by atoms with van der Waals surface area (Å²) in [5.41, 5.74) is 0.777. The van der Waals surface area contributed by atoms with E-state index in [1.807, 2.05) is 31.2 Å². The van der Waals surface area contributed by atoms with Crippen molar-refractivity contribution in [2.75, 3.05) is 13.1 Å². The number of nitrogens with zero attached hydrogens (tertiary/aromatic N) is 4. The van der Waals surface area contributed by atoms with E-state index in [9.17, 15) is 18.4 Å². The number of alkyl halides is 2. The van der Waals surface area contributed by atoms with Gasteiger partial charge in [0.05, 0.1) is 12.0 Å². The van der Waals surface area contributed by atoms with Crippen molar-refractivity contribution in [2.45, 2.75) is 57.5 Å². The number of fused-ring (bicyclic) bond motifs is 1. The van der Waals surface area contributed by atoms with Crippen molar-refractivity contribution in [3.05, 3.63) is 51.7 Å². The maximum atomic E-state index is 13.7. The van der Waals surface area contributed by atoms with E-state index in [4.69, 9.17) is 0 Å². The van der Waals surface area contributed by atoms with Gasteiger partial charge in [-0.3, -0.25) is 9.36 Å². The lowest BCUT2D eigenvalue weighted by Crippen LogP contribution is -2.42. The topological polar surface area (TPSA) is 60.1 Å². The fraction of sp³-hybridized carbons (Fsp3) is 0.571. The number of hydrogen-bond donors (Lipinski definition) is 0. The molecule has 2 aliphatic heterocycles. The van der Waals surface area contributed by atoms with Crippen LogP contribution in [0.15, 0.2) is 29.1 Å². The Kier molecular flexibility index (Phi) is 3.98. The molecule has 0 N–H and O–H groups in total. The van der Waals surface area contributed by atoms with Crippen LogP contribution in [0, 0.1) is 12.3 Å². The summed E-state index contributed by atoms with van der Waals surface area (Å²) in [6.45, 7) is 2.78.